The van der Waals surface area contributed by atoms with E-state index in [4.69, 9.17) is 10.8 Å². The third kappa shape index (κ3) is 9.09. The van der Waals surface area contributed by atoms with Crippen LogP contribution in [0.4, 0.5) is 11.4 Å². The van der Waals surface area contributed by atoms with Crippen molar-refractivity contribution < 1.29 is 0 Å². The monoisotopic (exact) mass is 642 g/mol. The number of nitrogens with one attached hydrogen (secondary N) is 4. The molecule has 0 saturated carbocycles. The first kappa shape index (κ1) is 33.5. The molecule has 6 aromatic carbocycles. The fourth-order valence-electron chi connectivity index (χ4n) is 5.11. The molecule has 0 aromatic heterocycles. The Morgan fingerprint density at radius 3 is 0.958 bits per heavy atom. The standard InChI is InChI=1S/C42H34N4.CH4S/c43-39(33-13-5-1-6-14-33)29-41(35-17-9-3-10-18-35)45-37-25-21-31(22-26-37)32-23-27-38(28-24-32)46-42(36-19-11-4-12-20-36)30-40(44)34-15-7-2-8-16-34;1-2/h1-30,43-46H;2H,1H3/b41-29-,42-30-,43-39?,44-40?;. The molecular formula is C43H38N4S. The van der Waals surface area contributed by atoms with Crippen molar-refractivity contribution in [1.29, 1.82) is 10.8 Å². The maximum atomic E-state index is 8.67. The number of hydrogen-bond acceptors (Lipinski definition) is 5. The topological polar surface area (TPSA) is 71.8 Å². The summed E-state index contributed by atoms with van der Waals surface area (Å²) in [5.74, 6) is 0. The van der Waals surface area contributed by atoms with Gasteiger partial charge in [-0.3, -0.25) is 0 Å². The Bertz CT molecular complexity index is 1820. The van der Waals surface area contributed by atoms with Crippen LogP contribution in [0.5, 0.6) is 0 Å². The molecule has 0 bridgehead atoms. The molecule has 0 heterocycles. The summed E-state index contributed by atoms with van der Waals surface area (Å²) >= 11 is 3.53. The highest BCUT2D eigenvalue weighted by Crippen LogP contribution is 2.27. The second-order valence-electron chi connectivity index (χ2n) is 10.8. The molecule has 0 spiro atoms. The van der Waals surface area contributed by atoms with Crippen molar-refractivity contribution in [2.75, 3.05) is 16.9 Å². The lowest BCUT2D eigenvalue weighted by atomic mass is 10.0. The van der Waals surface area contributed by atoms with E-state index in [2.05, 4.69) is 71.8 Å². The lowest BCUT2D eigenvalue weighted by molar-refractivity contribution is 1.47. The molecule has 5 heteroatoms. The number of benzene rings is 6. The highest BCUT2D eigenvalue weighted by Gasteiger charge is 2.08. The first-order valence-corrected chi connectivity index (χ1v) is 16.5. The molecule has 236 valence electrons. The van der Waals surface area contributed by atoms with Gasteiger partial charge < -0.3 is 21.5 Å². The van der Waals surface area contributed by atoms with Crippen LogP contribution < -0.4 is 10.6 Å². The van der Waals surface area contributed by atoms with Crippen LogP contribution in [-0.2, 0) is 0 Å². The third-order valence-corrected chi connectivity index (χ3v) is 7.58. The van der Waals surface area contributed by atoms with Crippen molar-refractivity contribution >= 4 is 46.8 Å². The van der Waals surface area contributed by atoms with Crippen molar-refractivity contribution in [3.8, 4) is 11.1 Å². The quantitative estimate of drug-likeness (QED) is 0.0721. The number of thiol groups is 1. The van der Waals surface area contributed by atoms with Crippen LogP contribution in [0.3, 0.4) is 0 Å². The van der Waals surface area contributed by atoms with E-state index in [0.717, 1.165) is 56.1 Å². The smallest absolute Gasteiger partial charge is 0.0633 e. The Morgan fingerprint density at radius 2 is 0.667 bits per heavy atom. The van der Waals surface area contributed by atoms with E-state index in [0.29, 0.717) is 11.4 Å². The number of allylic oxidation sites excluding steroid dienone is 2. The fourth-order valence-corrected chi connectivity index (χ4v) is 5.11. The van der Waals surface area contributed by atoms with Crippen LogP contribution in [0.15, 0.2) is 182 Å². The molecule has 0 fully saturated rings. The molecule has 4 nitrogen and oxygen atoms in total. The van der Waals surface area contributed by atoms with Crippen LogP contribution in [0.1, 0.15) is 22.3 Å². The molecule has 6 rings (SSSR count). The molecule has 0 atom stereocenters. The molecular weight excluding hydrogens is 605 g/mol. The predicted octanol–water partition coefficient (Wildman–Crippen LogP) is 10.9. The summed E-state index contributed by atoms with van der Waals surface area (Å²) in [5.41, 5.74) is 10.5. The van der Waals surface area contributed by atoms with E-state index < -0.39 is 0 Å². The summed E-state index contributed by atoms with van der Waals surface area (Å²) in [6, 6.07) is 56.4. The number of hydrogen-bond donors (Lipinski definition) is 5. The van der Waals surface area contributed by atoms with Crippen LogP contribution >= 0.6 is 12.6 Å². The van der Waals surface area contributed by atoms with Gasteiger partial charge in [0.15, 0.2) is 0 Å². The van der Waals surface area contributed by atoms with Gasteiger partial charge in [0.1, 0.15) is 0 Å². The predicted molar refractivity (Wildman–Crippen MR) is 209 cm³/mol. The minimum atomic E-state index is 0.444. The van der Waals surface area contributed by atoms with Gasteiger partial charge in [0.25, 0.3) is 0 Å². The van der Waals surface area contributed by atoms with Crippen LogP contribution in [0, 0.1) is 10.8 Å². The van der Waals surface area contributed by atoms with Crippen molar-refractivity contribution in [2.45, 2.75) is 0 Å². The third-order valence-electron chi connectivity index (χ3n) is 7.58. The zero-order valence-corrected chi connectivity index (χ0v) is 27.7. The first-order valence-electron chi connectivity index (χ1n) is 15.6. The Balaban J connectivity index is 0.00000221. The van der Waals surface area contributed by atoms with Crippen molar-refractivity contribution in [3.05, 3.63) is 204 Å². The van der Waals surface area contributed by atoms with Gasteiger partial charge in [-0.15, -0.1) is 0 Å². The van der Waals surface area contributed by atoms with E-state index in [-0.39, 0.29) is 0 Å². The van der Waals surface area contributed by atoms with E-state index in [1.54, 1.807) is 6.26 Å². The van der Waals surface area contributed by atoms with Gasteiger partial charge >= 0.3 is 0 Å². The zero-order valence-electron chi connectivity index (χ0n) is 26.8. The molecule has 48 heavy (non-hydrogen) atoms. The Hall–Kier alpha value is -5.91. The van der Waals surface area contributed by atoms with Crippen molar-refractivity contribution in [2.24, 2.45) is 0 Å². The average Bonchev–Trinajstić information content (AvgIpc) is 3.17. The van der Waals surface area contributed by atoms with E-state index >= 15 is 0 Å². The minimum absolute atomic E-state index is 0.444. The van der Waals surface area contributed by atoms with Crippen molar-refractivity contribution in [1.82, 2.24) is 0 Å². The number of anilines is 2. The Labute approximate surface area is 289 Å². The molecule has 4 N–H and O–H groups in total. The van der Waals surface area contributed by atoms with Crippen molar-refractivity contribution in [3.63, 3.8) is 0 Å². The molecule has 0 aliphatic heterocycles. The van der Waals surface area contributed by atoms with Gasteiger partial charge in [-0.1, -0.05) is 146 Å². The van der Waals surface area contributed by atoms with Crippen LogP contribution in [-0.4, -0.2) is 17.7 Å². The van der Waals surface area contributed by atoms with E-state index in [9.17, 15) is 0 Å². The van der Waals surface area contributed by atoms with E-state index in [1.807, 2.05) is 133 Å². The summed E-state index contributed by atoms with van der Waals surface area (Å²) in [6.07, 6.45) is 5.45. The maximum absolute atomic E-state index is 8.67. The van der Waals surface area contributed by atoms with Gasteiger partial charge in [-0.05, 0) is 76.1 Å². The summed E-state index contributed by atoms with van der Waals surface area (Å²) in [7, 11) is 0. The molecule has 0 unspecified atom stereocenters. The summed E-state index contributed by atoms with van der Waals surface area (Å²) < 4.78 is 0. The summed E-state index contributed by atoms with van der Waals surface area (Å²) in [6.45, 7) is 0. The summed E-state index contributed by atoms with van der Waals surface area (Å²) in [4.78, 5) is 0. The minimum Gasteiger partial charge on any atom is -0.355 e. The van der Waals surface area contributed by atoms with Gasteiger partial charge in [0.05, 0.1) is 11.4 Å². The van der Waals surface area contributed by atoms with Crippen LogP contribution in [0.2, 0.25) is 0 Å². The van der Waals surface area contributed by atoms with E-state index in [1.165, 1.54) is 0 Å². The molecule has 0 amide bonds. The molecule has 0 aliphatic rings. The normalized spacial score (nSPS) is 11.1. The first-order chi connectivity index (χ1) is 23.6. The molecule has 0 aliphatic carbocycles. The Kier molecular flexibility index (Phi) is 11.9. The second-order valence-corrected chi connectivity index (χ2v) is 10.8. The van der Waals surface area contributed by atoms with Crippen LogP contribution in [0.25, 0.3) is 22.5 Å². The largest absolute Gasteiger partial charge is 0.355 e. The average molecular weight is 643 g/mol. The summed E-state index contributed by atoms with van der Waals surface area (Å²) in [5, 5.41) is 24.4. The van der Waals surface area contributed by atoms with Gasteiger partial charge in [0.2, 0.25) is 0 Å². The second kappa shape index (κ2) is 17.1. The van der Waals surface area contributed by atoms with Gasteiger partial charge in [-0.25, -0.2) is 0 Å². The molecule has 0 saturated heterocycles. The number of rotatable bonds is 11. The van der Waals surface area contributed by atoms with Gasteiger partial charge in [-0.2, -0.15) is 12.6 Å². The zero-order chi connectivity index (χ0) is 33.6. The lowest BCUT2D eigenvalue weighted by Crippen LogP contribution is -2.04. The highest BCUT2D eigenvalue weighted by atomic mass is 32.1. The molecule has 6 aromatic rings. The fraction of sp³-hybridized carbons (Fsp3) is 0.0233. The van der Waals surface area contributed by atoms with Gasteiger partial charge in [0, 0.05) is 22.8 Å². The Morgan fingerprint density at radius 1 is 0.396 bits per heavy atom. The highest BCUT2D eigenvalue weighted by molar-refractivity contribution is 7.79. The lowest BCUT2D eigenvalue weighted by Gasteiger charge is -2.14. The molecule has 0 radical (unpaired) electrons. The maximum Gasteiger partial charge on any atom is 0.0633 e. The SMILES string of the molecule is CS.N=C(/C=C(\Nc1ccc(-c2ccc(N/C(=C\C(=N)c3ccccc3)c3ccccc3)cc2)cc1)c1ccccc1)c1ccccc1.